The fourth-order valence-electron chi connectivity index (χ4n) is 2.25. The first-order valence-electron chi connectivity index (χ1n) is 7.53. The Morgan fingerprint density at radius 1 is 1.17 bits per heavy atom. The predicted molar refractivity (Wildman–Crippen MR) is 88.6 cm³/mol. The first kappa shape index (κ1) is 16.7. The molecule has 0 saturated heterocycles. The van der Waals surface area contributed by atoms with E-state index < -0.39 is 5.97 Å². The number of hydrogen-bond donors (Lipinski definition) is 0. The zero-order valence-corrected chi connectivity index (χ0v) is 13.2. The molecule has 1 aromatic rings. The third-order valence-electron chi connectivity index (χ3n) is 3.58. The van der Waals surface area contributed by atoms with Gasteiger partial charge in [0.05, 0.1) is 19.1 Å². The van der Waals surface area contributed by atoms with Crippen molar-refractivity contribution in [2.45, 2.75) is 25.7 Å². The van der Waals surface area contributed by atoms with Crippen molar-refractivity contribution in [3.8, 4) is 0 Å². The monoisotopic (exact) mass is 312 g/mol. The topological polar surface area (TPSA) is 52.6 Å². The van der Waals surface area contributed by atoms with Gasteiger partial charge in [0.2, 0.25) is 0 Å². The molecule has 0 atom stereocenters. The minimum absolute atomic E-state index is 0.142. The van der Waals surface area contributed by atoms with Gasteiger partial charge in [0, 0.05) is 6.42 Å². The van der Waals surface area contributed by atoms with Crippen LogP contribution in [0.25, 0.3) is 5.57 Å². The SMILES string of the molecule is C=C(CCC(=O)OC)OC(=O)c1ccc(C2=CC=CCC2)cc1. The van der Waals surface area contributed by atoms with Gasteiger partial charge in [-0.15, -0.1) is 0 Å². The highest BCUT2D eigenvalue weighted by Crippen LogP contribution is 2.24. The van der Waals surface area contributed by atoms with E-state index >= 15 is 0 Å². The van der Waals surface area contributed by atoms with Crippen LogP contribution in [0, 0.1) is 0 Å². The Balaban J connectivity index is 1.92. The fraction of sp³-hybridized carbons (Fsp3) is 0.263. The average Bonchev–Trinajstić information content (AvgIpc) is 2.60. The van der Waals surface area contributed by atoms with Crippen molar-refractivity contribution in [2.24, 2.45) is 0 Å². The summed E-state index contributed by atoms with van der Waals surface area (Å²) >= 11 is 0. The van der Waals surface area contributed by atoms with Crippen molar-refractivity contribution in [2.75, 3.05) is 7.11 Å². The zero-order chi connectivity index (χ0) is 16.7. The quantitative estimate of drug-likeness (QED) is 0.587. The highest BCUT2D eigenvalue weighted by atomic mass is 16.5. The molecule has 0 amide bonds. The van der Waals surface area contributed by atoms with Crippen molar-refractivity contribution in [3.63, 3.8) is 0 Å². The maximum Gasteiger partial charge on any atom is 0.343 e. The average molecular weight is 312 g/mol. The van der Waals surface area contributed by atoms with E-state index in [0.29, 0.717) is 5.56 Å². The van der Waals surface area contributed by atoms with Gasteiger partial charge in [-0.05, 0) is 36.1 Å². The van der Waals surface area contributed by atoms with Gasteiger partial charge < -0.3 is 9.47 Å². The van der Waals surface area contributed by atoms with Crippen LogP contribution in [-0.2, 0) is 14.3 Å². The van der Waals surface area contributed by atoms with Gasteiger partial charge in [0.1, 0.15) is 5.76 Å². The number of rotatable bonds is 6. The minimum Gasteiger partial charge on any atom is -0.469 e. The molecule has 4 heteroatoms. The van der Waals surface area contributed by atoms with E-state index in [1.807, 2.05) is 18.2 Å². The summed E-state index contributed by atoms with van der Waals surface area (Å²) in [6.45, 7) is 3.65. The molecule has 0 aromatic heterocycles. The highest BCUT2D eigenvalue weighted by Gasteiger charge is 2.11. The summed E-state index contributed by atoms with van der Waals surface area (Å²) in [5.41, 5.74) is 2.82. The molecule has 0 N–H and O–H groups in total. The molecule has 4 nitrogen and oxygen atoms in total. The third kappa shape index (κ3) is 4.95. The van der Waals surface area contributed by atoms with Crippen molar-refractivity contribution in [3.05, 3.63) is 66.0 Å². The normalized spacial score (nSPS) is 13.2. The molecule has 0 radical (unpaired) electrons. The van der Waals surface area contributed by atoms with Crippen LogP contribution in [0.3, 0.4) is 0 Å². The van der Waals surface area contributed by atoms with Crippen molar-refractivity contribution in [1.29, 1.82) is 0 Å². The number of ether oxygens (including phenoxy) is 2. The van der Waals surface area contributed by atoms with E-state index in [4.69, 9.17) is 4.74 Å². The summed E-state index contributed by atoms with van der Waals surface area (Å²) in [5.74, 6) is -0.574. The Hall–Kier alpha value is -2.62. The van der Waals surface area contributed by atoms with E-state index in [2.05, 4.69) is 23.5 Å². The predicted octanol–water partition coefficient (Wildman–Crippen LogP) is 4.04. The minimum atomic E-state index is -0.469. The third-order valence-corrected chi connectivity index (χ3v) is 3.58. The lowest BCUT2D eigenvalue weighted by Crippen LogP contribution is -2.07. The smallest absolute Gasteiger partial charge is 0.343 e. The molecule has 0 unspecified atom stereocenters. The van der Waals surface area contributed by atoms with Crippen LogP contribution in [0.1, 0.15) is 41.6 Å². The van der Waals surface area contributed by atoms with Gasteiger partial charge in [-0.2, -0.15) is 0 Å². The van der Waals surface area contributed by atoms with Crippen molar-refractivity contribution < 1.29 is 19.1 Å². The first-order valence-corrected chi connectivity index (χ1v) is 7.53. The van der Waals surface area contributed by atoms with Crippen LogP contribution in [0.4, 0.5) is 0 Å². The summed E-state index contributed by atoms with van der Waals surface area (Å²) in [5, 5.41) is 0. The van der Waals surface area contributed by atoms with Gasteiger partial charge in [0.25, 0.3) is 0 Å². The number of allylic oxidation sites excluding steroid dienone is 5. The zero-order valence-electron chi connectivity index (χ0n) is 13.2. The van der Waals surface area contributed by atoms with Crippen LogP contribution in [-0.4, -0.2) is 19.0 Å². The van der Waals surface area contributed by atoms with Crippen molar-refractivity contribution >= 4 is 17.5 Å². The Labute approximate surface area is 136 Å². The van der Waals surface area contributed by atoms with Gasteiger partial charge in [0.15, 0.2) is 0 Å². The largest absolute Gasteiger partial charge is 0.469 e. The molecular formula is C19H20O4. The Morgan fingerprint density at radius 3 is 2.52 bits per heavy atom. The van der Waals surface area contributed by atoms with Crippen LogP contribution < -0.4 is 0 Å². The Bertz CT molecular complexity index is 650. The van der Waals surface area contributed by atoms with E-state index in [9.17, 15) is 9.59 Å². The molecule has 2 rings (SSSR count). The lowest BCUT2D eigenvalue weighted by Gasteiger charge is -2.10. The maximum absolute atomic E-state index is 12.0. The van der Waals surface area contributed by atoms with Gasteiger partial charge in [-0.1, -0.05) is 36.9 Å². The summed E-state index contributed by atoms with van der Waals surface area (Å²) in [6.07, 6.45) is 8.71. The molecule has 1 aromatic carbocycles. The Kier molecular flexibility index (Phi) is 5.92. The fourth-order valence-corrected chi connectivity index (χ4v) is 2.25. The highest BCUT2D eigenvalue weighted by molar-refractivity contribution is 5.90. The van der Waals surface area contributed by atoms with Crippen LogP contribution >= 0.6 is 0 Å². The molecule has 0 spiro atoms. The molecule has 120 valence electrons. The summed E-state index contributed by atoms with van der Waals surface area (Å²) < 4.78 is 9.68. The number of benzene rings is 1. The Morgan fingerprint density at radius 2 is 1.91 bits per heavy atom. The number of methoxy groups -OCH3 is 1. The van der Waals surface area contributed by atoms with Crippen LogP contribution in [0.15, 0.2) is 54.8 Å². The standard InChI is InChI=1S/C19H20O4/c1-14(8-13-18(20)22-2)23-19(21)17-11-9-16(10-12-17)15-6-4-3-5-7-15/h3-4,6,9-12H,1,5,7-8,13H2,2H3. The molecule has 1 aliphatic rings. The lowest BCUT2D eigenvalue weighted by atomic mass is 9.97. The molecule has 0 bridgehead atoms. The lowest BCUT2D eigenvalue weighted by molar-refractivity contribution is -0.140. The summed E-state index contributed by atoms with van der Waals surface area (Å²) in [7, 11) is 1.32. The molecule has 0 heterocycles. The second kappa shape index (κ2) is 8.13. The first-order chi connectivity index (χ1) is 11.1. The summed E-state index contributed by atoms with van der Waals surface area (Å²) in [4.78, 5) is 23.1. The second-order valence-corrected chi connectivity index (χ2v) is 5.24. The maximum atomic E-state index is 12.0. The van der Waals surface area contributed by atoms with E-state index in [1.165, 1.54) is 12.7 Å². The van der Waals surface area contributed by atoms with Crippen molar-refractivity contribution in [1.82, 2.24) is 0 Å². The number of hydrogen-bond acceptors (Lipinski definition) is 4. The molecule has 1 aliphatic carbocycles. The van der Waals surface area contributed by atoms with Crippen LogP contribution in [0.5, 0.6) is 0 Å². The van der Waals surface area contributed by atoms with Gasteiger partial charge >= 0.3 is 11.9 Å². The van der Waals surface area contributed by atoms with E-state index in [-0.39, 0.29) is 24.6 Å². The van der Waals surface area contributed by atoms with Crippen LogP contribution in [0.2, 0.25) is 0 Å². The van der Waals surface area contributed by atoms with E-state index in [0.717, 1.165) is 18.4 Å². The molecule has 0 saturated carbocycles. The molecular weight excluding hydrogens is 292 g/mol. The van der Waals surface area contributed by atoms with Gasteiger partial charge in [-0.3, -0.25) is 4.79 Å². The second-order valence-electron chi connectivity index (χ2n) is 5.24. The summed E-state index contributed by atoms with van der Waals surface area (Å²) in [6, 6.07) is 7.31. The molecule has 0 aliphatic heterocycles. The molecule has 0 fully saturated rings. The molecule has 23 heavy (non-hydrogen) atoms. The van der Waals surface area contributed by atoms with E-state index in [1.54, 1.807) is 12.1 Å². The number of carbonyl (C=O) groups is 2. The number of esters is 2. The van der Waals surface area contributed by atoms with Gasteiger partial charge in [-0.25, -0.2) is 4.79 Å². The number of carbonyl (C=O) groups excluding carboxylic acids is 2.